The maximum atomic E-state index is 14.6. The summed E-state index contributed by atoms with van der Waals surface area (Å²) in [7, 11) is -2.35. The number of carbonyl (C=O) groups is 3. The number of hydrogen-bond donors (Lipinski definition) is 3. The zero-order valence-electron chi connectivity index (χ0n) is 29.8. The third kappa shape index (κ3) is 8.41. The zero-order chi connectivity index (χ0) is 38.3. The normalized spacial score (nSPS) is 27.1. The highest BCUT2D eigenvalue weighted by Crippen LogP contribution is 2.40. The number of aromatic nitrogens is 1. The van der Waals surface area contributed by atoms with E-state index in [1.54, 1.807) is 19.2 Å². The Morgan fingerprint density at radius 3 is 2.56 bits per heavy atom. The molecular formula is C37H44F3N5O7S2. The third-order valence-electron chi connectivity index (χ3n) is 11.0. The van der Waals surface area contributed by atoms with Crippen molar-refractivity contribution in [3.05, 3.63) is 48.0 Å². The SMILES string of the molecule is COc1ccc2nc(O[C@@H]3C[C@H]4C(=O)N[C@]5(C(=O)NS(=O)(=O)C6CC6)CCC(CCCCCC[C@H](Nc6cccc(C(F)(F)F)c6)C(=O)N4C3)C5)sc2c1. The minimum absolute atomic E-state index is 0.0329. The monoisotopic (exact) mass is 791 g/mol. The highest BCUT2D eigenvalue weighted by Gasteiger charge is 2.52. The van der Waals surface area contributed by atoms with Gasteiger partial charge in [-0.3, -0.25) is 19.1 Å². The number of benzene rings is 2. The van der Waals surface area contributed by atoms with E-state index in [1.165, 1.54) is 28.4 Å². The molecule has 2 aliphatic carbocycles. The van der Waals surface area contributed by atoms with Crippen LogP contribution in [0.15, 0.2) is 42.5 Å². The molecule has 0 radical (unpaired) electrons. The van der Waals surface area contributed by atoms with Crippen LogP contribution in [0.5, 0.6) is 10.9 Å². The van der Waals surface area contributed by atoms with E-state index in [0.717, 1.165) is 42.5 Å². The second-order valence-corrected chi connectivity index (χ2v) is 17.9. The lowest BCUT2D eigenvalue weighted by Crippen LogP contribution is -2.62. The van der Waals surface area contributed by atoms with Crippen molar-refractivity contribution in [1.82, 2.24) is 19.9 Å². The lowest BCUT2D eigenvalue weighted by Gasteiger charge is -2.33. The number of fused-ring (bicyclic) bond motifs is 4. The van der Waals surface area contributed by atoms with Gasteiger partial charge in [0.15, 0.2) is 0 Å². The van der Waals surface area contributed by atoms with Crippen molar-refractivity contribution >= 4 is 55.0 Å². The molecule has 3 N–H and O–H groups in total. The van der Waals surface area contributed by atoms with Crippen molar-refractivity contribution in [3.8, 4) is 10.9 Å². The van der Waals surface area contributed by atoms with Gasteiger partial charge in [0.25, 0.3) is 11.1 Å². The molecular weight excluding hydrogens is 748 g/mol. The average molecular weight is 792 g/mol. The Bertz CT molecular complexity index is 2010. The van der Waals surface area contributed by atoms with Crippen molar-refractivity contribution in [3.63, 3.8) is 0 Å². The summed E-state index contributed by atoms with van der Waals surface area (Å²) in [4.78, 5) is 48.9. The van der Waals surface area contributed by atoms with Crippen molar-refractivity contribution in [2.45, 2.75) is 112 Å². The van der Waals surface area contributed by atoms with Gasteiger partial charge in [-0.25, -0.2) is 13.4 Å². The third-order valence-corrected chi connectivity index (χ3v) is 13.7. The number of thiazole rings is 1. The highest BCUT2D eigenvalue weighted by molar-refractivity contribution is 7.91. The molecule has 54 heavy (non-hydrogen) atoms. The van der Waals surface area contributed by atoms with Crippen LogP contribution >= 0.6 is 11.3 Å². The van der Waals surface area contributed by atoms with Crippen LogP contribution in [-0.4, -0.2) is 78.7 Å². The Balaban J connectivity index is 1.20. The van der Waals surface area contributed by atoms with Crippen LogP contribution in [0.3, 0.4) is 0 Å². The van der Waals surface area contributed by atoms with E-state index in [2.05, 4.69) is 20.3 Å². The fourth-order valence-electron chi connectivity index (χ4n) is 7.94. The van der Waals surface area contributed by atoms with E-state index >= 15 is 0 Å². The maximum Gasteiger partial charge on any atom is 0.416 e. The number of nitrogens with zero attached hydrogens (tertiary/aromatic N) is 2. The number of rotatable bonds is 8. The predicted octanol–water partition coefficient (Wildman–Crippen LogP) is 5.77. The smallest absolute Gasteiger partial charge is 0.416 e. The van der Waals surface area contributed by atoms with Gasteiger partial charge in [0.05, 0.1) is 34.7 Å². The van der Waals surface area contributed by atoms with E-state index in [-0.39, 0.29) is 37.4 Å². The molecule has 2 saturated carbocycles. The first-order valence-electron chi connectivity index (χ1n) is 18.5. The number of methoxy groups -OCH3 is 1. The van der Waals surface area contributed by atoms with Crippen molar-refractivity contribution < 1.29 is 45.4 Å². The lowest BCUT2D eigenvalue weighted by atomic mass is 9.92. The summed E-state index contributed by atoms with van der Waals surface area (Å²) < 4.78 is 81.4. The summed E-state index contributed by atoms with van der Waals surface area (Å²) in [5, 5.41) is 5.65. The number of anilines is 1. The van der Waals surface area contributed by atoms with Gasteiger partial charge in [0.2, 0.25) is 21.8 Å². The largest absolute Gasteiger partial charge is 0.497 e. The minimum atomic E-state index is -4.59. The number of amides is 3. The lowest BCUT2D eigenvalue weighted by molar-refractivity contribution is -0.141. The van der Waals surface area contributed by atoms with Crippen LogP contribution < -0.4 is 24.8 Å². The quantitative estimate of drug-likeness (QED) is 0.258. The average Bonchev–Trinajstić information content (AvgIpc) is 3.62. The van der Waals surface area contributed by atoms with Gasteiger partial charge in [-0.05, 0) is 80.8 Å². The Labute approximate surface area is 315 Å². The van der Waals surface area contributed by atoms with Crippen molar-refractivity contribution in [2.75, 3.05) is 19.0 Å². The molecule has 3 amide bonds. The summed E-state index contributed by atoms with van der Waals surface area (Å²) in [6, 6.07) is 7.94. The van der Waals surface area contributed by atoms with E-state index in [4.69, 9.17) is 9.47 Å². The summed E-state index contributed by atoms with van der Waals surface area (Å²) in [5.41, 5.74) is -1.57. The molecule has 17 heteroatoms. The van der Waals surface area contributed by atoms with Crippen LogP contribution in [0.2, 0.25) is 0 Å². The van der Waals surface area contributed by atoms with Crippen LogP contribution in [0.25, 0.3) is 10.2 Å². The number of alkyl halides is 3. The molecule has 1 unspecified atom stereocenters. The molecule has 12 nitrogen and oxygen atoms in total. The predicted molar refractivity (Wildman–Crippen MR) is 196 cm³/mol. The topological polar surface area (TPSA) is 156 Å². The fourth-order valence-corrected chi connectivity index (χ4v) is 10.2. The molecule has 4 aliphatic rings. The second kappa shape index (κ2) is 15.2. The number of halogens is 3. The molecule has 5 atom stereocenters. The van der Waals surface area contributed by atoms with Gasteiger partial charge in [0.1, 0.15) is 29.5 Å². The fraction of sp³-hybridized carbons (Fsp3) is 0.568. The number of sulfonamides is 1. The second-order valence-electron chi connectivity index (χ2n) is 14.9. The Kier molecular flexibility index (Phi) is 10.7. The molecule has 292 valence electrons. The van der Waals surface area contributed by atoms with Gasteiger partial charge in [-0.15, -0.1) is 0 Å². The highest BCUT2D eigenvalue weighted by atomic mass is 32.2. The Hall–Kier alpha value is -4.12. The molecule has 7 rings (SSSR count). The number of carbonyl (C=O) groups excluding carboxylic acids is 3. The van der Waals surface area contributed by atoms with Gasteiger partial charge in [0, 0.05) is 12.1 Å². The van der Waals surface area contributed by atoms with Gasteiger partial charge in [-0.2, -0.15) is 13.2 Å². The molecule has 2 bridgehead atoms. The maximum absolute atomic E-state index is 14.6. The summed E-state index contributed by atoms with van der Waals surface area (Å²) in [5.74, 6) is -1.18. The van der Waals surface area contributed by atoms with Gasteiger partial charge in [-0.1, -0.05) is 49.5 Å². The van der Waals surface area contributed by atoms with Crippen LogP contribution in [0, 0.1) is 5.92 Å². The Morgan fingerprint density at radius 2 is 1.81 bits per heavy atom. The first-order chi connectivity index (χ1) is 25.7. The summed E-state index contributed by atoms with van der Waals surface area (Å²) in [6.45, 7) is -0.0329. The first kappa shape index (κ1) is 38.2. The molecule has 0 spiro atoms. The molecule has 1 aromatic heterocycles. The van der Waals surface area contributed by atoms with Crippen LogP contribution in [0.1, 0.15) is 82.6 Å². The summed E-state index contributed by atoms with van der Waals surface area (Å²) >= 11 is 1.28. The van der Waals surface area contributed by atoms with E-state index < -0.39 is 68.5 Å². The molecule has 2 aliphatic heterocycles. The Morgan fingerprint density at radius 1 is 1.04 bits per heavy atom. The first-order valence-corrected chi connectivity index (χ1v) is 20.8. The van der Waals surface area contributed by atoms with Gasteiger partial charge < -0.3 is 25.0 Å². The molecule has 3 aromatic rings. The standard InChI is InChI=1S/C37H44F3N5O7S2/c1-51-25-11-14-28-31(19-25)53-35(42-28)52-26-18-30-32(46)43-36(34(48)44-54(49,50)27-12-13-27)16-15-22(20-36)7-4-2-3-5-10-29(33(47)45(30)21-26)41-24-9-6-8-23(17-24)37(38,39)40/h6,8-9,11,14,17,19,22,26-27,29-30,41H,2-5,7,10,12-13,15-16,18,20-21H2,1H3,(H,43,46)(H,44,48)/t22?,26-,29+,30+,36-/m1/s1. The van der Waals surface area contributed by atoms with E-state index in [0.29, 0.717) is 48.6 Å². The number of nitrogens with one attached hydrogen (secondary N) is 3. The summed E-state index contributed by atoms with van der Waals surface area (Å²) in [6.07, 6.45) is 0.937. The van der Waals surface area contributed by atoms with E-state index in [9.17, 15) is 36.0 Å². The van der Waals surface area contributed by atoms with Crippen LogP contribution in [-0.2, 0) is 30.6 Å². The molecule has 3 heterocycles. The molecule has 2 saturated heterocycles. The minimum Gasteiger partial charge on any atom is -0.497 e. The number of ether oxygens (including phenoxy) is 2. The van der Waals surface area contributed by atoms with Crippen molar-refractivity contribution in [2.24, 2.45) is 5.92 Å². The number of hydrogen-bond acceptors (Lipinski definition) is 10. The zero-order valence-corrected chi connectivity index (χ0v) is 31.5. The molecule has 2 aromatic carbocycles. The van der Waals surface area contributed by atoms with Gasteiger partial charge >= 0.3 is 6.18 Å². The van der Waals surface area contributed by atoms with E-state index in [1.807, 2.05) is 6.07 Å². The molecule has 4 fully saturated rings. The van der Waals surface area contributed by atoms with Crippen molar-refractivity contribution in [1.29, 1.82) is 0 Å². The van der Waals surface area contributed by atoms with Crippen LogP contribution in [0.4, 0.5) is 18.9 Å².